The van der Waals surface area contributed by atoms with Gasteiger partial charge in [-0.15, -0.1) is 0 Å². The van der Waals surface area contributed by atoms with Crippen LogP contribution in [0.5, 0.6) is 0 Å². The SMILES string of the molecule is CCC(C)c1cc[c]([Au][SH])cc1. The Morgan fingerprint density at radius 2 is 1.92 bits per heavy atom. The van der Waals surface area contributed by atoms with Crippen LogP contribution in [0.1, 0.15) is 31.7 Å². The van der Waals surface area contributed by atoms with E-state index in [9.17, 15) is 0 Å². The Bertz CT molecular complexity index is 230. The van der Waals surface area contributed by atoms with Crippen LogP contribution in [0.4, 0.5) is 0 Å². The minimum absolute atomic E-state index is 0.0674. The van der Waals surface area contributed by atoms with Crippen molar-refractivity contribution in [3.8, 4) is 0 Å². The van der Waals surface area contributed by atoms with Crippen molar-refractivity contribution in [3.63, 3.8) is 0 Å². The summed E-state index contributed by atoms with van der Waals surface area (Å²) in [4.78, 5) is 0. The number of benzene rings is 1. The zero-order chi connectivity index (χ0) is 8.97. The molecule has 0 saturated carbocycles. The van der Waals surface area contributed by atoms with Gasteiger partial charge in [-0.1, -0.05) is 0 Å². The van der Waals surface area contributed by atoms with Gasteiger partial charge in [-0.2, -0.15) is 0 Å². The van der Waals surface area contributed by atoms with Crippen molar-refractivity contribution in [2.24, 2.45) is 0 Å². The second-order valence-corrected chi connectivity index (χ2v) is 5.72. The summed E-state index contributed by atoms with van der Waals surface area (Å²) in [5, 5.41) is 0. The van der Waals surface area contributed by atoms with Gasteiger partial charge in [-0.25, -0.2) is 0 Å². The van der Waals surface area contributed by atoms with Gasteiger partial charge in [0, 0.05) is 0 Å². The summed E-state index contributed by atoms with van der Waals surface area (Å²) in [6.07, 6.45) is 1.22. The van der Waals surface area contributed by atoms with Gasteiger partial charge in [0.25, 0.3) is 0 Å². The molecule has 2 heteroatoms. The van der Waals surface area contributed by atoms with Gasteiger partial charge >= 0.3 is 88.3 Å². The molecule has 0 N–H and O–H groups in total. The zero-order valence-corrected chi connectivity index (χ0v) is 10.4. The first-order valence-electron chi connectivity index (χ1n) is 4.09. The predicted octanol–water partition coefficient (Wildman–Crippen LogP) is 2.75. The topological polar surface area (TPSA) is 0 Å². The van der Waals surface area contributed by atoms with E-state index in [0.717, 1.165) is 0 Å². The molecule has 12 heavy (non-hydrogen) atoms. The first kappa shape index (κ1) is 10.4. The molecular weight excluding hydrogens is 349 g/mol. The second kappa shape index (κ2) is 5.13. The summed E-state index contributed by atoms with van der Waals surface area (Å²) >= 11 is 0.0674. The van der Waals surface area contributed by atoms with Gasteiger partial charge in [-0.3, -0.25) is 0 Å². The van der Waals surface area contributed by atoms with Gasteiger partial charge in [0.2, 0.25) is 0 Å². The number of hydrogen-bond donors (Lipinski definition) is 1. The van der Waals surface area contributed by atoms with Crippen LogP contribution < -0.4 is 3.78 Å². The first-order chi connectivity index (χ1) is 5.77. The molecule has 0 heterocycles. The fourth-order valence-electron chi connectivity index (χ4n) is 1.06. The van der Waals surface area contributed by atoms with Crippen molar-refractivity contribution in [3.05, 3.63) is 29.8 Å². The third-order valence-corrected chi connectivity index (χ3v) is 4.66. The Hall–Kier alpha value is 0.310. The van der Waals surface area contributed by atoms with E-state index in [1.165, 1.54) is 15.8 Å². The normalized spacial score (nSPS) is 13.2. The molecule has 0 spiro atoms. The fourth-order valence-corrected chi connectivity index (χ4v) is 2.48. The van der Waals surface area contributed by atoms with Crippen LogP contribution in [0.25, 0.3) is 0 Å². The van der Waals surface area contributed by atoms with E-state index in [2.05, 4.69) is 48.2 Å². The van der Waals surface area contributed by atoms with E-state index in [1.54, 1.807) is 0 Å². The molecule has 0 aliphatic carbocycles. The van der Waals surface area contributed by atoms with Crippen molar-refractivity contribution in [1.29, 1.82) is 0 Å². The quantitative estimate of drug-likeness (QED) is 0.620. The molecule has 0 fully saturated rings. The molecular formula is C10H14AuS. The number of thiol groups is 1. The molecule has 0 aliphatic rings. The van der Waals surface area contributed by atoms with Gasteiger partial charge in [0.1, 0.15) is 0 Å². The van der Waals surface area contributed by atoms with Crippen molar-refractivity contribution >= 4 is 13.9 Å². The first-order valence-corrected chi connectivity index (χ1v) is 8.35. The van der Waals surface area contributed by atoms with Crippen molar-refractivity contribution in [1.82, 2.24) is 0 Å². The molecule has 1 aromatic carbocycles. The number of hydrogen-bond acceptors (Lipinski definition) is 1. The van der Waals surface area contributed by atoms with E-state index in [1.807, 2.05) is 0 Å². The third kappa shape index (κ3) is 2.67. The van der Waals surface area contributed by atoms with Crippen LogP contribution in [0.2, 0.25) is 0 Å². The summed E-state index contributed by atoms with van der Waals surface area (Å²) < 4.78 is 1.39. The molecule has 71 valence electrons. The molecule has 1 unspecified atom stereocenters. The summed E-state index contributed by atoms with van der Waals surface area (Å²) in [6, 6.07) is 8.87. The molecule has 0 aromatic heterocycles. The summed E-state index contributed by atoms with van der Waals surface area (Å²) in [5.41, 5.74) is 1.45. The van der Waals surface area contributed by atoms with Crippen molar-refractivity contribution < 1.29 is 18.4 Å². The van der Waals surface area contributed by atoms with Gasteiger partial charge in [-0.05, 0) is 0 Å². The Kier molecular flexibility index (Phi) is 4.44. The molecule has 0 aliphatic heterocycles. The Morgan fingerprint density at radius 3 is 2.33 bits per heavy atom. The van der Waals surface area contributed by atoms with Crippen molar-refractivity contribution in [2.45, 2.75) is 26.2 Å². The van der Waals surface area contributed by atoms with Gasteiger partial charge in [0.15, 0.2) is 0 Å². The van der Waals surface area contributed by atoms with Crippen molar-refractivity contribution in [2.75, 3.05) is 0 Å². The number of rotatable bonds is 3. The van der Waals surface area contributed by atoms with Gasteiger partial charge in [0.05, 0.1) is 0 Å². The maximum atomic E-state index is 4.32. The minimum atomic E-state index is 0.0674. The molecule has 0 nitrogen and oxygen atoms in total. The molecule has 1 aromatic rings. The average molecular weight is 363 g/mol. The van der Waals surface area contributed by atoms with Crippen LogP contribution in [0, 0.1) is 0 Å². The molecule has 1 atom stereocenters. The monoisotopic (exact) mass is 363 g/mol. The Labute approximate surface area is 88.1 Å². The Balaban J connectivity index is 2.77. The summed E-state index contributed by atoms with van der Waals surface area (Å²) in [6.45, 7) is 4.49. The van der Waals surface area contributed by atoms with E-state index < -0.39 is 0 Å². The van der Waals surface area contributed by atoms with Crippen LogP contribution in [-0.4, -0.2) is 0 Å². The van der Waals surface area contributed by atoms with Crippen LogP contribution in [0.3, 0.4) is 0 Å². The standard InChI is InChI=1S/C10H13.Au.H2S/c1-3-9(2)10-7-5-4-6-8-10;;/h5-9H,3H2,1-2H3;;1H2/q;+1;/p-1. The summed E-state index contributed by atoms with van der Waals surface area (Å²) in [5.74, 6) is 0.690. The molecule has 0 bridgehead atoms. The van der Waals surface area contributed by atoms with E-state index in [0.29, 0.717) is 5.92 Å². The van der Waals surface area contributed by atoms with Crippen LogP contribution in [0.15, 0.2) is 24.3 Å². The van der Waals surface area contributed by atoms with E-state index in [4.69, 9.17) is 0 Å². The molecule has 0 radical (unpaired) electrons. The fraction of sp³-hybridized carbons (Fsp3) is 0.400. The van der Waals surface area contributed by atoms with Crippen LogP contribution in [-0.2, 0) is 18.4 Å². The molecule has 0 saturated heterocycles. The van der Waals surface area contributed by atoms with E-state index >= 15 is 0 Å². The van der Waals surface area contributed by atoms with E-state index in [-0.39, 0.29) is 18.4 Å². The van der Waals surface area contributed by atoms with Gasteiger partial charge < -0.3 is 0 Å². The average Bonchev–Trinajstić information content (AvgIpc) is 2.17. The molecule has 1 rings (SSSR count). The molecule has 0 amide bonds. The van der Waals surface area contributed by atoms with Crippen LogP contribution >= 0.6 is 10.1 Å². The Morgan fingerprint density at radius 1 is 1.33 bits per heavy atom. The zero-order valence-electron chi connectivity index (χ0n) is 7.34. The summed E-state index contributed by atoms with van der Waals surface area (Å²) in [7, 11) is 4.32. The third-order valence-electron chi connectivity index (χ3n) is 2.10. The second-order valence-electron chi connectivity index (χ2n) is 2.88. The predicted molar refractivity (Wildman–Crippen MR) is 53.8 cm³/mol. The maximum absolute atomic E-state index is 4.32.